The van der Waals surface area contributed by atoms with Crippen molar-refractivity contribution in [2.75, 3.05) is 51.3 Å². The molecule has 1 N–H and O–H groups in total. The Hall–Kier alpha value is -2.40. The molecule has 0 radical (unpaired) electrons. The fourth-order valence-electron chi connectivity index (χ4n) is 7.12. The Kier molecular flexibility index (Phi) is 8.34. The molecule has 0 spiro atoms. The van der Waals surface area contributed by atoms with Crippen molar-refractivity contribution in [1.82, 2.24) is 9.80 Å². The van der Waals surface area contributed by atoms with Crippen LogP contribution in [0.5, 0.6) is 0 Å². The molecule has 40 heavy (non-hydrogen) atoms. The molecule has 1 aliphatic carbocycles. The number of rotatable bonds is 6. The number of anilines is 1. The lowest BCUT2D eigenvalue weighted by atomic mass is 9.91. The molecule has 1 aromatic rings. The van der Waals surface area contributed by atoms with Crippen LogP contribution in [-0.4, -0.2) is 91.0 Å². The minimum Gasteiger partial charge on any atom is -0.481 e. The number of alkyl halides is 4. The summed E-state index contributed by atoms with van der Waals surface area (Å²) >= 11 is 0. The number of benzene rings is 1. The molecule has 4 aliphatic rings. The molecule has 3 saturated heterocycles. The van der Waals surface area contributed by atoms with E-state index < -0.39 is 35.2 Å². The summed E-state index contributed by atoms with van der Waals surface area (Å²) in [6.45, 7) is 1.92. The maximum absolute atomic E-state index is 16.1. The van der Waals surface area contributed by atoms with Crippen molar-refractivity contribution in [2.45, 2.75) is 81.3 Å². The first kappa shape index (κ1) is 29.1. The zero-order valence-corrected chi connectivity index (χ0v) is 23.0. The molecule has 222 valence electrons. The third kappa shape index (κ3) is 5.95. The zero-order chi connectivity index (χ0) is 28.7. The molecular weight excluding hydrogens is 530 g/mol. The topological polar surface area (TPSA) is 73.3 Å². The van der Waals surface area contributed by atoms with Gasteiger partial charge in [-0.2, -0.15) is 13.2 Å². The highest BCUT2D eigenvalue weighted by atomic mass is 19.4. The number of likely N-dealkylation sites (tertiary alicyclic amines) is 2. The summed E-state index contributed by atoms with van der Waals surface area (Å²) in [4.78, 5) is 30.3. The molecule has 11 heteroatoms. The van der Waals surface area contributed by atoms with Gasteiger partial charge in [0.05, 0.1) is 17.6 Å². The van der Waals surface area contributed by atoms with Crippen LogP contribution in [0.2, 0.25) is 0 Å². The fourth-order valence-corrected chi connectivity index (χ4v) is 7.12. The van der Waals surface area contributed by atoms with Gasteiger partial charge in [-0.25, -0.2) is 4.39 Å². The smallest absolute Gasteiger partial charge is 0.416 e. The van der Waals surface area contributed by atoms with E-state index in [1.807, 2.05) is 4.90 Å². The van der Waals surface area contributed by atoms with E-state index in [9.17, 15) is 27.9 Å². The Labute approximate surface area is 232 Å². The second kappa shape index (κ2) is 11.5. The standard InChI is InChI=1S/C29H39F4N3O4/c1-40-23-5-3-22(4-6-23)36-15-11-28(30,18-36)27(39)35-14-10-20(17-35)24-7-2-21(29(31,32)33)16-25(24)34-12-8-19(9-13-34)26(37)38/h2,7,16,19-20,22-23H,3-6,8-15,17-18H2,1H3,(H,37,38)/t20-,22-,23-,28-/m1/s1. The zero-order valence-electron chi connectivity index (χ0n) is 23.0. The summed E-state index contributed by atoms with van der Waals surface area (Å²) in [5, 5.41) is 9.33. The number of hydrogen-bond donors (Lipinski definition) is 1. The van der Waals surface area contributed by atoms with Crippen LogP contribution in [0.25, 0.3) is 0 Å². The van der Waals surface area contributed by atoms with Crippen molar-refractivity contribution in [2.24, 2.45) is 5.92 Å². The number of carbonyl (C=O) groups is 2. The number of carbonyl (C=O) groups excluding carboxylic acids is 1. The molecule has 1 aromatic carbocycles. The van der Waals surface area contributed by atoms with Gasteiger partial charge >= 0.3 is 12.1 Å². The average molecular weight is 570 g/mol. The van der Waals surface area contributed by atoms with E-state index in [0.29, 0.717) is 56.7 Å². The van der Waals surface area contributed by atoms with E-state index in [-0.39, 0.29) is 37.6 Å². The lowest BCUT2D eigenvalue weighted by Crippen LogP contribution is -2.48. The molecule has 7 nitrogen and oxygen atoms in total. The Balaban J connectivity index is 1.27. The number of ether oxygens (including phenoxy) is 1. The summed E-state index contributed by atoms with van der Waals surface area (Å²) in [5.41, 5.74) is -1.57. The SMILES string of the molecule is CO[C@H]1CC[C@H](N2CC[C@](F)(C(=O)N3CC[C@@H](c4ccc(C(F)(F)F)cc4N4CCC(C(=O)O)CC4)C3)C2)CC1. The van der Waals surface area contributed by atoms with Crippen molar-refractivity contribution in [3.05, 3.63) is 29.3 Å². The number of amides is 1. The van der Waals surface area contributed by atoms with Crippen molar-refractivity contribution in [1.29, 1.82) is 0 Å². The van der Waals surface area contributed by atoms with Gasteiger partial charge in [0, 0.05) is 70.4 Å². The quantitative estimate of drug-likeness (QED) is 0.501. The number of methoxy groups -OCH3 is 1. The normalized spacial score (nSPS) is 30.7. The summed E-state index contributed by atoms with van der Waals surface area (Å²) < 4.78 is 62.3. The fraction of sp³-hybridized carbons (Fsp3) is 0.724. The predicted molar refractivity (Wildman–Crippen MR) is 141 cm³/mol. The summed E-state index contributed by atoms with van der Waals surface area (Å²) in [6.07, 6.45) is 0.854. The Bertz CT molecular complexity index is 1090. The van der Waals surface area contributed by atoms with E-state index in [0.717, 1.165) is 37.8 Å². The van der Waals surface area contributed by atoms with Gasteiger partial charge in [-0.3, -0.25) is 14.5 Å². The first-order valence-electron chi connectivity index (χ1n) is 14.4. The van der Waals surface area contributed by atoms with Gasteiger partial charge in [0.25, 0.3) is 5.91 Å². The molecular formula is C29H39F4N3O4. The van der Waals surface area contributed by atoms with Crippen LogP contribution < -0.4 is 4.90 Å². The molecule has 1 amide bonds. The number of carboxylic acids is 1. The molecule has 0 unspecified atom stereocenters. The first-order chi connectivity index (χ1) is 19.0. The van der Waals surface area contributed by atoms with Crippen molar-refractivity contribution in [3.63, 3.8) is 0 Å². The second-order valence-corrected chi connectivity index (χ2v) is 12.0. The minimum atomic E-state index is -4.51. The van der Waals surface area contributed by atoms with Crippen LogP contribution in [0.4, 0.5) is 23.2 Å². The number of nitrogens with zero attached hydrogens (tertiary/aromatic N) is 3. The van der Waals surface area contributed by atoms with Gasteiger partial charge in [-0.15, -0.1) is 0 Å². The van der Waals surface area contributed by atoms with E-state index in [2.05, 4.69) is 4.90 Å². The van der Waals surface area contributed by atoms with Crippen LogP contribution in [-0.2, 0) is 20.5 Å². The Morgan fingerprint density at radius 1 is 1.00 bits per heavy atom. The molecule has 3 aliphatic heterocycles. The van der Waals surface area contributed by atoms with Crippen LogP contribution >= 0.6 is 0 Å². The number of piperidine rings is 1. The molecule has 3 heterocycles. The molecule has 4 fully saturated rings. The van der Waals surface area contributed by atoms with Crippen molar-refractivity contribution >= 4 is 17.6 Å². The highest BCUT2D eigenvalue weighted by Gasteiger charge is 2.50. The third-order valence-electron chi connectivity index (χ3n) is 9.58. The van der Waals surface area contributed by atoms with Gasteiger partial charge in [0.15, 0.2) is 0 Å². The first-order valence-corrected chi connectivity index (χ1v) is 14.4. The summed E-state index contributed by atoms with van der Waals surface area (Å²) in [5.74, 6) is -2.13. The van der Waals surface area contributed by atoms with E-state index >= 15 is 4.39 Å². The summed E-state index contributed by atoms with van der Waals surface area (Å²) in [7, 11) is 1.71. The Morgan fingerprint density at radius 3 is 2.33 bits per heavy atom. The minimum absolute atomic E-state index is 0.0827. The van der Waals surface area contributed by atoms with Gasteiger partial charge in [-0.05, 0) is 62.6 Å². The molecule has 5 rings (SSSR count). The molecule has 2 atom stereocenters. The highest BCUT2D eigenvalue weighted by molar-refractivity contribution is 5.86. The van der Waals surface area contributed by atoms with Crippen LogP contribution in [0, 0.1) is 5.92 Å². The number of aliphatic carboxylic acids is 1. The number of carboxylic acid groups (broad SMARTS) is 1. The van der Waals surface area contributed by atoms with Gasteiger partial charge in [0.1, 0.15) is 0 Å². The van der Waals surface area contributed by atoms with Gasteiger partial charge < -0.3 is 19.6 Å². The molecule has 0 bridgehead atoms. The number of halogens is 4. The second-order valence-electron chi connectivity index (χ2n) is 12.0. The largest absolute Gasteiger partial charge is 0.481 e. The number of hydrogen-bond acceptors (Lipinski definition) is 5. The van der Waals surface area contributed by atoms with Gasteiger partial charge in [0.2, 0.25) is 5.67 Å². The van der Waals surface area contributed by atoms with Crippen molar-refractivity contribution < 1.29 is 37.0 Å². The predicted octanol–water partition coefficient (Wildman–Crippen LogP) is 4.69. The van der Waals surface area contributed by atoms with Crippen LogP contribution in [0.15, 0.2) is 18.2 Å². The molecule has 1 saturated carbocycles. The lowest BCUT2D eigenvalue weighted by molar-refractivity contribution is -0.143. The van der Waals surface area contributed by atoms with Crippen LogP contribution in [0.1, 0.15) is 68.4 Å². The third-order valence-corrected chi connectivity index (χ3v) is 9.58. The van der Waals surface area contributed by atoms with E-state index in [4.69, 9.17) is 4.74 Å². The highest BCUT2D eigenvalue weighted by Crippen LogP contribution is 2.41. The van der Waals surface area contributed by atoms with Crippen molar-refractivity contribution in [3.8, 4) is 0 Å². The monoisotopic (exact) mass is 569 g/mol. The summed E-state index contributed by atoms with van der Waals surface area (Å²) in [6, 6.07) is 3.95. The Morgan fingerprint density at radius 2 is 1.70 bits per heavy atom. The van der Waals surface area contributed by atoms with Crippen LogP contribution in [0.3, 0.4) is 0 Å². The van der Waals surface area contributed by atoms with E-state index in [1.165, 1.54) is 6.07 Å². The lowest BCUT2D eigenvalue weighted by Gasteiger charge is -2.35. The van der Waals surface area contributed by atoms with Gasteiger partial charge in [-0.1, -0.05) is 6.07 Å². The van der Waals surface area contributed by atoms with E-state index in [1.54, 1.807) is 12.0 Å². The maximum atomic E-state index is 16.1. The molecule has 0 aromatic heterocycles. The average Bonchev–Trinajstić information content (AvgIpc) is 3.60. The maximum Gasteiger partial charge on any atom is 0.416 e.